The number of hydrogen-bond donors (Lipinski definition) is 0. The minimum Gasteiger partial charge on any atom is -0.383 e. The molecule has 1 rings (SSSR count). The predicted molar refractivity (Wildman–Crippen MR) is 77.6 cm³/mol. The zero-order valence-corrected chi connectivity index (χ0v) is 11.6. The summed E-state index contributed by atoms with van der Waals surface area (Å²) in [5.74, 6) is -0.401. The first kappa shape index (κ1) is 14.9. The van der Waals surface area contributed by atoms with E-state index in [1.165, 1.54) is 6.08 Å². The number of benzene rings is 1. The van der Waals surface area contributed by atoms with Gasteiger partial charge < -0.3 is 4.90 Å². The van der Waals surface area contributed by atoms with Crippen molar-refractivity contribution in [2.75, 3.05) is 14.1 Å². The third-order valence-electron chi connectivity index (χ3n) is 2.52. The van der Waals surface area contributed by atoms with Crippen molar-refractivity contribution in [3.63, 3.8) is 0 Å². The minimum absolute atomic E-state index is 0.141. The van der Waals surface area contributed by atoms with E-state index in [2.05, 4.69) is 0 Å². The second-order valence-corrected chi connectivity index (χ2v) is 4.39. The fourth-order valence-corrected chi connectivity index (χ4v) is 1.50. The first-order valence-electron chi connectivity index (χ1n) is 6.23. The molecule has 3 nitrogen and oxygen atoms in total. The Morgan fingerprint density at radius 3 is 2.32 bits per heavy atom. The lowest BCUT2D eigenvalue weighted by molar-refractivity contribution is -0.119. The van der Waals surface area contributed by atoms with Crippen LogP contribution in [0.25, 0.3) is 6.08 Å². The van der Waals surface area contributed by atoms with Crippen LogP contribution in [0.5, 0.6) is 0 Å². The van der Waals surface area contributed by atoms with Crippen LogP contribution in [0.1, 0.15) is 18.9 Å². The van der Waals surface area contributed by atoms with E-state index >= 15 is 0 Å². The lowest BCUT2D eigenvalue weighted by atomic mass is 10.0. The summed E-state index contributed by atoms with van der Waals surface area (Å²) >= 11 is 0. The lowest BCUT2D eigenvalue weighted by Crippen LogP contribution is -2.11. The van der Waals surface area contributed by atoms with Crippen LogP contribution in [0.15, 0.2) is 48.2 Å². The maximum atomic E-state index is 12.0. The molecule has 0 heterocycles. The van der Waals surface area contributed by atoms with Crippen LogP contribution in [0.3, 0.4) is 0 Å². The molecule has 0 atom stereocenters. The lowest BCUT2D eigenvalue weighted by Gasteiger charge is -2.05. The molecule has 0 aliphatic carbocycles. The molecule has 0 spiro atoms. The molecule has 3 heteroatoms. The van der Waals surface area contributed by atoms with Gasteiger partial charge in [0.1, 0.15) is 0 Å². The summed E-state index contributed by atoms with van der Waals surface area (Å²) in [7, 11) is 3.65. The fraction of sp³-hybridized carbons (Fsp3) is 0.250. The smallest absolute Gasteiger partial charge is 0.190 e. The fourth-order valence-electron chi connectivity index (χ4n) is 1.50. The van der Waals surface area contributed by atoms with E-state index in [0.717, 1.165) is 5.56 Å². The van der Waals surface area contributed by atoms with Gasteiger partial charge in [0.25, 0.3) is 0 Å². The van der Waals surface area contributed by atoms with Crippen LogP contribution in [0.4, 0.5) is 0 Å². The van der Waals surface area contributed by atoms with Crippen molar-refractivity contribution >= 4 is 17.6 Å². The molecule has 1 aromatic carbocycles. The van der Waals surface area contributed by atoms with E-state index in [-0.39, 0.29) is 17.1 Å². The number of Topliss-reactive ketones (excluding diaryl/α,β-unsaturated/α-hetero) is 1. The van der Waals surface area contributed by atoms with Gasteiger partial charge in [0, 0.05) is 32.8 Å². The number of nitrogens with zero attached hydrogens (tertiary/aromatic N) is 1. The second-order valence-electron chi connectivity index (χ2n) is 4.39. The van der Waals surface area contributed by atoms with Gasteiger partial charge in [0.15, 0.2) is 11.6 Å². The van der Waals surface area contributed by atoms with Crippen molar-refractivity contribution in [3.8, 4) is 0 Å². The predicted octanol–water partition coefficient (Wildman–Crippen LogP) is 2.69. The second kappa shape index (κ2) is 7.31. The number of carbonyl (C=O) groups excluding carboxylic acids is 2. The Kier molecular flexibility index (Phi) is 5.73. The van der Waals surface area contributed by atoms with Crippen LogP contribution in [-0.4, -0.2) is 30.6 Å². The van der Waals surface area contributed by atoms with E-state index < -0.39 is 0 Å². The quantitative estimate of drug-likeness (QED) is 0.447. The topological polar surface area (TPSA) is 37.4 Å². The van der Waals surface area contributed by atoms with Crippen LogP contribution in [-0.2, 0) is 9.59 Å². The average molecular weight is 257 g/mol. The van der Waals surface area contributed by atoms with E-state index in [0.29, 0.717) is 6.42 Å². The zero-order chi connectivity index (χ0) is 14.3. The molecule has 0 amide bonds. The first-order valence-corrected chi connectivity index (χ1v) is 6.23. The van der Waals surface area contributed by atoms with Crippen molar-refractivity contribution in [2.24, 2.45) is 0 Å². The Bertz CT molecular complexity index is 499. The molecular formula is C16H19NO2. The SMILES string of the molecule is CCC(=O)/C(=C/c1ccccc1)C(=O)/C=C/N(C)C. The summed E-state index contributed by atoms with van der Waals surface area (Å²) in [5, 5.41) is 0. The van der Waals surface area contributed by atoms with Gasteiger partial charge in [-0.05, 0) is 11.6 Å². The Morgan fingerprint density at radius 1 is 1.16 bits per heavy atom. The highest BCUT2D eigenvalue weighted by atomic mass is 16.1. The van der Waals surface area contributed by atoms with Gasteiger partial charge in [0.05, 0.1) is 5.57 Å². The highest BCUT2D eigenvalue weighted by molar-refractivity contribution is 6.26. The number of ketones is 2. The summed E-state index contributed by atoms with van der Waals surface area (Å²) in [6.45, 7) is 1.75. The van der Waals surface area contributed by atoms with E-state index in [1.807, 2.05) is 44.4 Å². The van der Waals surface area contributed by atoms with Crippen molar-refractivity contribution in [1.29, 1.82) is 0 Å². The molecular weight excluding hydrogens is 238 g/mol. The Labute approximate surface area is 114 Å². The molecule has 0 fully saturated rings. The van der Waals surface area contributed by atoms with Crippen molar-refractivity contribution in [1.82, 2.24) is 4.90 Å². The standard InChI is InChI=1S/C16H19NO2/c1-4-15(18)14(16(19)10-11-17(2)3)12-13-8-6-5-7-9-13/h5-12H,4H2,1-3H3/b11-10+,14-12-. The van der Waals surface area contributed by atoms with Crippen LogP contribution in [0, 0.1) is 0 Å². The summed E-state index contributed by atoms with van der Waals surface area (Å²) in [6, 6.07) is 9.38. The molecule has 0 bridgehead atoms. The van der Waals surface area contributed by atoms with Crippen molar-refractivity contribution in [2.45, 2.75) is 13.3 Å². The molecule has 0 aliphatic rings. The Morgan fingerprint density at radius 2 is 1.79 bits per heavy atom. The zero-order valence-electron chi connectivity index (χ0n) is 11.6. The van der Waals surface area contributed by atoms with Crippen LogP contribution < -0.4 is 0 Å². The molecule has 19 heavy (non-hydrogen) atoms. The van der Waals surface area contributed by atoms with Crippen LogP contribution in [0.2, 0.25) is 0 Å². The van der Waals surface area contributed by atoms with Crippen molar-refractivity contribution < 1.29 is 9.59 Å². The number of allylic oxidation sites excluding steroid dienone is 2. The van der Waals surface area contributed by atoms with Gasteiger partial charge in [-0.15, -0.1) is 0 Å². The maximum Gasteiger partial charge on any atom is 0.190 e. The third-order valence-corrected chi connectivity index (χ3v) is 2.52. The average Bonchev–Trinajstić information content (AvgIpc) is 2.42. The molecule has 0 saturated carbocycles. The summed E-state index contributed by atoms with van der Waals surface area (Å²) in [5.41, 5.74) is 1.08. The Hall–Kier alpha value is -2.16. The van der Waals surface area contributed by atoms with Gasteiger partial charge >= 0.3 is 0 Å². The highest BCUT2D eigenvalue weighted by Gasteiger charge is 2.14. The largest absolute Gasteiger partial charge is 0.383 e. The molecule has 0 aliphatic heterocycles. The van der Waals surface area contributed by atoms with E-state index in [4.69, 9.17) is 0 Å². The summed E-state index contributed by atoms with van der Waals surface area (Å²) in [4.78, 5) is 25.7. The number of rotatable bonds is 6. The van der Waals surface area contributed by atoms with Crippen LogP contribution >= 0.6 is 0 Å². The molecule has 0 radical (unpaired) electrons. The molecule has 0 saturated heterocycles. The van der Waals surface area contributed by atoms with Crippen molar-refractivity contribution in [3.05, 3.63) is 53.7 Å². The molecule has 0 N–H and O–H groups in total. The van der Waals surface area contributed by atoms with Gasteiger partial charge in [-0.3, -0.25) is 9.59 Å². The third kappa shape index (κ3) is 4.92. The first-order chi connectivity index (χ1) is 9.04. The molecule has 1 aromatic rings. The number of carbonyl (C=O) groups is 2. The molecule has 100 valence electrons. The molecule has 0 unspecified atom stereocenters. The van der Waals surface area contributed by atoms with Gasteiger partial charge in [-0.1, -0.05) is 37.3 Å². The number of hydrogen-bond acceptors (Lipinski definition) is 3. The monoisotopic (exact) mass is 257 g/mol. The maximum absolute atomic E-state index is 12.0. The Balaban J connectivity index is 3.06. The van der Waals surface area contributed by atoms with E-state index in [1.54, 1.807) is 24.1 Å². The highest BCUT2D eigenvalue weighted by Crippen LogP contribution is 2.11. The van der Waals surface area contributed by atoms with Gasteiger partial charge in [-0.25, -0.2) is 0 Å². The minimum atomic E-state index is -0.260. The summed E-state index contributed by atoms with van der Waals surface area (Å²) in [6.07, 6.45) is 5.03. The summed E-state index contributed by atoms with van der Waals surface area (Å²) < 4.78 is 0. The van der Waals surface area contributed by atoms with Gasteiger partial charge in [-0.2, -0.15) is 0 Å². The van der Waals surface area contributed by atoms with E-state index in [9.17, 15) is 9.59 Å². The molecule has 0 aromatic heterocycles. The van der Waals surface area contributed by atoms with Gasteiger partial charge in [0.2, 0.25) is 0 Å². The normalized spacial score (nSPS) is 11.6.